The number of hydrogen-bond donors (Lipinski definition) is 0. The van der Waals surface area contributed by atoms with E-state index in [1.54, 1.807) is 12.1 Å². The molecule has 0 radical (unpaired) electrons. The Morgan fingerprint density at radius 1 is 0.885 bits per heavy atom. The number of halogens is 1. The van der Waals surface area contributed by atoms with Crippen LogP contribution in [-0.2, 0) is 15.9 Å². The minimum Gasteiger partial charge on any atom is -0.352 e. The molecule has 146 valence electrons. The lowest BCUT2D eigenvalue weighted by molar-refractivity contribution is -0.230. The third-order valence-electron chi connectivity index (χ3n) is 6.21. The van der Waals surface area contributed by atoms with Crippen LogP contribution in [0.3, 0.4) is 0 Å². The summed E-state index contributed by atoms with van der Waals surface area (Å²) in [6.07, 6.45) is 12.5. The molecular weight excluding hydrogens is 327 g/mol. The van der Waals surface area contributed by atoms with Crippen LogP contribution in [0, 0.1) is 23.6 Å². The molecule has 1 aliphatic heterocycles. The SMILES string of the molecule is CCCC1COC(C2CCC(CCCCc3ccc(F)cc3)CC2)OC1. The second-order valence-electron chi connectivity index (χ2n) is 8.34. The van der Waals surface area contributed by atoms with Gasteiger partial charge in [-0.2, -0.15) is 0 Å². The summed E-state index contributed by atoms with van der Waals surface area (Å²) in [5.74, 6) is 1.94. The summed E-state index contributed by atoms with van der Waals surface area (Å²) in [6, 6.07) is 6.96. The van der Waals surface area contributed by atoms with Gasteiger partial charge >= 0.3 is 0 Å². The first-order valence-electron chi connectivity index (χ1n) is 10.7. The second kappa shape index (κ2) is 10.4. The molecule has 3 rings (SSSR count). The molecule has 2 fully saturated rings. The third kappa shape index (κ3) is 6.06. The Morgan fingerprint density at radius 2 is 1.58 bits per heavy atom. The van der Waals surface area contributed by atoms with Gasteiger partial charge in [-0.3, -0.25) is 0 Å². The van der Waals surface area contributed by atoms with Crippen molar-refractivity contribution in [2.45, 2.75) is 77.4 Å². The molecule has 1 saturated heterocycles. The van der Waals surface area contributed by atoms with E-state index in [9.17, 15) is 4.39 Å². The fourth-order valence-corrected chi connectivity index (χ4v) is 4.57. The predicted octanol–water partition coefficient (Wildman–Crippen LogP) is 6.13. The van der Waals surface area contributed by atoms with E-state index in [4.69, 9.17) is 9.47 Å². The zero-order valence-electron chi connectivity index (χ0n) is 16.3. The van der Waals surface area contributed by atoms with Gasteiger partial charge in [-0.1, -0.05) is 38.3 Å². The molecule has 2 nitrogen and oxygen atoms in total. The normalized spacial score (nSPS) is 29.6. The van der Waals surface area contributed by atoms with E-state index in [0.29, 0.717) is 11.8 Å². The molecule has 0 bridgehead atoms. The number of ether oxygens (including phenoxy) is 2. The molecule has 1 aromatic carbocycles. The Labute approximate surface area is 158 Å². The van der Waals surface area contributed by atoms with Crippen LogP contribution in [0.25, 0.3) is 0 Å². The maximum atomic E-state index is 12.9. The fraction of sp³-hybridized carbons (Fsp3) is 0.739. The van der Waals surface area contributed by atoms with Crippen LogP contribution >= 0.6 is 0 Å². The lowest BCUT2D eigenvalue weighted by Gasteiger charge is -2.37. The Bertz CT molecular complexity index is 499. The molecule has 0 amide bonds. The van der Waals surface area contributed by atoms with Gasteiger partial charge in [0.05, 0.1) is 13.2 Å². The van der Waals surface area contributed by atoms with E-state index < -0.39 is 0 Å². The lowest BCUT2D eigenvalue weighted by atomic mass is 9.79. The van der Waals surface area contributed by atoms with Crippen LogP contribution in [0.2, 0.25) is 0 Å². The average molecular weight is 363 g/mol. The molecule has 1 heterocycles. The zero-order valence-corrected chi connectivity index (χ0v) is 16.3. The van der Waals surface area contributed by atoms with Crippen LogP contribution < -0.4 is 0 Å². The maximum Gasteiger partial charge on any atom is 0.160 e. The van der Waals surface area contributed by atoms with E-state index in [1.807, 2.05) is 12.1 Å². The Kier molecular flexibility index (Phi) is 7.94. The molecule has 0 N–H and O–H groups in total. The summed E-state index contributed by atoms with van der Waals surface area (Å²) in [7, 11) is 0. The highest BCUT2D eigenvalue weighted by molar-refractivity contribution is 5.15. The van der Waals surface area contributed by atoms with Crippen LogP contribution in [0.1, 0.15) is 70.3 Å². The van der Waals surface area contributed by atoms with Gasteiger partial charge in [-0.05, 0) is 68.6 Å². The van der Waals surface area contributed by atoms with Crippen molar-refractivity contribution in [3.8, 4) is 0 Å². The van der Waals surface area contributed by atoms with E-state index in [2.05, 4.69) is 6.92 Å². The molecule has 0 atom stereocenters. The van der Waals surface area contributed by atoms with E-state index in [0.717, 1.165) is 25.6 Å². The van der Waals surface area contributed by atoms with Gasteiger partial charge in [0.25, 0.3) is 0 Å². The monoisotopic (exact) mass is 362 g/mol. The lowest BCUT2D eigenvalue weighted by Crippen LogP contribution is -2.38. The number of aryl methyl sites for hydroxylation is 1. The Balaban J connectivity index is 1.27. The van der Waals surface area contributed by atoms with Crippen molar-refractivity contribution >= 4 is 0 Å². The minimum absolute atomic E-state index is 0.0579. The van der Waals surface area contributed by atoms with Crippen molar-refractivity contribution in [3.63, 3.8) is 0 Å². The van der Waals surface area contributed by atoms with E-state index in [1.165, 1.54) is 63.4 Å². The van der Waals surface area contributed by atoms with Gasteiger partial charge in [0.15, 0.2) is 6.29 Å². The quantitative estimate of drug-likeness (QED) is 0.518. The predicted molar refractivity (Wildman–Crippen MR) is 103 cm³/mol. The molecule has 2 aliphatic rings. The summed E-state index contributed by atoms with van der Waals surface area (Å²) in [5.41, 5.74) is 1.25. The first kappa shape index (κ1) is 19.8. The highest BCUT2D eigenvalue weighted by atomic mass is 19.1. The first-order chi connectivity index (χ1) is 12.7. The number of hydrogen-bond acceptors (Lipinski definition) is 2. The van der Waals surface area contributed by atoms with Crippen LogP contribution in [-0.4, -0.2) is 19.5 Å². The van der Waals surface area contributed by atoms with Crippen molar-refractivity contribution in [2.24, 2.45) is 17.8 Å². The molecule has 0 spiro atoms. The summed E-state index contributed by atoms with van der Waals surface area (Å²) in [4.78, 5) is 0. The summed E-state index contributed by atoms with van der Waals surface area (Å²) >= 11 is 0. The van der Waals surface area contributed by atoms with Crippen LogP contribution in [0.15, 0.2) is 24.3 Å². The summed E-state index contributed by atoms with van der Waals surface area (Å²) in [6.45, 7) is 4.01. The van der Waals surface area contributed by atoms with E-state index in [-0.39, 0.29) is 12.1 Å². The Morgan fingerprint density at radius 3 is 2.23 bits per heavy atom. The standard InChI is InChI=1S/C23H35FO2/c1-2-5-20-16-25-23(26-17-20)21-12-8-18(9-13-21)6-3-4-7-19-10-14-22(24)15-11-19/h10-11,14-15,18,20-21,23H,2-9,12-13,16-17H2,1H3. The molecule has 26 heavy (non-hydrogen) atoms. The van der Waals surface area contributed by atoms with Gasteiger partial charge in [0.1, 0.15) is 5.82 Å². The summed E-state index contributed by atoms with van der Waals surface area (Å²) < 4.78 is 25.0. The van der Waals surface area contributed by atoms with E-state index >= 15 is 0 Å². The average Bonchev–Trinajstić information content (AvgIpc) is 2.68. The molecular formula is C23H35FO2. The van der Waals surface area contributed by atoms with Gasteiger partial charge < -0.3 is 9.47 Å². The van der Waals surface area contributed by atoms with Crippen molar-refractivity contribution < 1.29 is 13.9 Å². The van der Waals surface area contributed by atoms with Gasteiger partial charge in [-0.15, -0.1) is 0 Å². The van der Waals surface area contributed by atoms with Crippen molar-refractivity contribution in [2.75, 3.05) is 13.2 Å². The molecule has 1 aliphatic carbocycles. The van der Waals surface area contributed by atoms with Crippen molar-refractivity contribution in [1.29, 1.82) is 0 Å². The molecule has 3 heteroatoms. The zero-order chi connectivity index (χ0) is 18.2. The van der Waals surface area contributed by atoms with Crippen molar-refractivity contribution in [3.05, 3.63) is 35.6 Å². The first-order valence-corrected chi connectivity index (χ1v) is 10.7. The number of unbranched alkanes of at least 4 members (excludes halogenated alkanes) is 1. The van der Waals surface area contributed by atoms with Crippen LogP contribution in [0.5, 0.6) is 0 Å². The topological polar surface area (TPSA) is 18.5 Å². The molecule has 1 saturated carbocycles. The molecule has 0 aromatic heterocycles. The van der Waals surface area contributed by atoms with Crippen molar-refractivity contribution in [1.82, 2.24) is 0 Å². The maximum absolute atomic E-state index is 12.9. The van der Waals surface area contributed by atoms with Gasteiger partial charge in [0.2, 0.25) is 0 Å². The second-order valence-corrected chi connectivity index (χ2v) is 8.34. The fourth-order valence-electron chi connectivity index (χ4n) is 4.57. The molecule has 1 aromatic rings. The number of benzene rings is 1. The number of rotatable bonds is 8. The third-order valence-corrected chi connectivity index (χ3v) is 6.21. The largest absolute Gasteiger partial charge is 0.352 e. The van der Waals surface area contributed by atoms with Crippen LogP contribution in [0.4, 0.5) is 4.39 Å². The Hall–Kier alpha value is -0.930. The smallest absolute Gasteiger partial charge is 0.160 e. The van der Waals surface area contributed by atoms with Gasteiger partial charge in [-0.25, -0.2) is 4.39 Å². The summed E-state index contributed by atoms with van der Waals surface area (Å²) in [5, 5.41) is 0. The highest BCUT2D eigenvalue weighted by Crippen LogP contribution is 2.36. The minimum atomic E-state index is -0.141. The van der Waals surface area contributed by atoms with Gasteiger partial charge in [0, 0.05) is 11.8 Å². The highest BCUT2D eigenvalue weighted by Gasteiger charge is 2.32. The molecule has 0 unspecified atom stereocenters.